The number of imidazole rings is 1. The number of carbonyl (C=O) groups excluding carboxylic acids is 3. The third-order valence-electron chi connectivity index (χ3n) is 5.26. The van der Waals surface area contributed by atoms with Crippen molar-refractivity contribution in [2.75, 3.05) is 18.5 Å². The maximum Gasteiger partial charge on any atom is 0.303 e. The molecule has 178 valence electrons. The fraction of sp³-hybridized carbons (Fsp3) is 0.600. The van der Waals surface area contributed by atoms with Crippen LogP contribution in [0.5, 0.6) is 0 Å². The molecule has 0 spiro atoms. The van der Waals surface area contributed by atoms with Crippen LogP contribution in [0.25, 0.3) is 11.2 Å². The predicted molar refractivity (Wildman–Crippen MR) is 121 cm³/mol. The van der Waals surface area contributed by atoms with Crippen molar-refractivity contribution in [2.24, 2.45) is 5.92 Å². The van der Waals surface area contributed by atoms with Crippen LogP contribution in [-0.4, -0.2) is 68.9 Å². The zero-order valence-electron chi connectivity index (χ0n) is 18.3. The van der Waals surface area contributed by atoms with Crippen LogP contribution in [0.4, 0.5) is 5.82 Å². The summed E-state index contributed by atoms with van der Waals surface area (Å²) in [6.45, 7) is 4.35. The van der Waals surface area contributed by atoms with E-state index in [1.54, 1.807) is 4.57 Å². The highest BCUT2D eigenvalue weighted by atomic mass is 127. The van der Waals surface area contributed by atoms with E-state index in [1.807, 2.05) is 22.6 Å². The van der Waals surface area contributed by atoms with E-state index >= 15 is 0 Å². The number of nitrogens with one attached hydrogen (secondary N) is 1. The number of ether oxygens (including phenoxy) is 4. The lowest BCUT2D eigenvalue weighted by Gasteiger charge is -2.23. The quantitative estimate of drug-likeness (QED) is 0.213. The lowest BCUT2D eigenvalue weighted by atomic mass is 10.1. The molecule has 3 heterocycles. The van der Waals surface area contributed by atoms with Gasteiger partial charge < -0.3 is 24.3 Å². The number of nitrogens with zero attached hydrogens (tertiary/aromatic N) is 4. The Kier molecular flexibility index (Phi) is 6.97. The second-order valence-corrected chi connectivity index (χ2v) is 8.97. The Balaban J connectivity index is 1.70. The monoisotopic (exact) mass is 573 g/mol. The van der Waals surface area contributed by atoms with Gasteiger partial charge in [0.1, 0.15) is 12.7 Å². The molecule has 4 atom stereocenters. The van der Waals surface area contributed by atoms with Crippen LogP contribution in [0.15, 0.2) is 6.33 Å². The predicted octanol–water partition coefficient (Wildman–Crippen LogP) is 1.58. The van der Waals surface area contributed by atoms with Crippen molar-refractivity contribution in [3.8, 4) is 0 Å². The van der Waals surface area contributed by atoms with Gasteiger partial charge in [0.15, 0.2) is 39.2 Å². The number of hydrogen-bond acceptors (Lipinski definition) is 11. The maximum absolute atomic E-state index is 11.9. The normalized spacial score (nSPS) is 24.5. The molecule has 0 aromatic carbocycles. The molecular formula is C20H24IN5O7. The molecule has 13 heteroatoms. The first-order valence-electron chi connectivity index (χ1n) is 10.5. The zero-order valence-corrected chi connectivity index (χ0v) is 20.5. The molecule has 1 aliphatic heterocycles. The van der Waals surface area contributed by atoms with Crippen LogP contribution in [0.1, 0.15) is 39.8 Å². The molecule has 0 bridgehead atoms. The lowest BCUT2D eigenvalue weighted by Crippen LogP contribution is -2.40. The fourth-order valence-electron chi connectivity index (χ4n) is 3.68. The summed E-state index contributed by atoms with van der Waals surface area (Å²) in [5.41, 5.74) is 0.998. The number of aromatic nitrogens is 4. The van der Waals surface area contributed by atoms with Crippen LogP contribution >= 0.6 is 22.6 Å². The largest absolute Gasteiger partial charge is 0.463 e. The van der Waals surface area contributed by atoms with Gasteiger partial charge in [0.05, 0.1) is 6.33 Å². The maximum atomic E-state index is 11.9. The third-order valence-corrected chi connectivity index (χ3v) is 5.75. The molecule has 2 aromatic rings. The van der Waals surface area contributed by atoms with Crippen molar-refractivity contribution < 1.29 is 33.3 Å². The van der Waals surface area contributed by atoms with Gasteiger partial charge in [-0.05, 0) is 18.8 Å². The van der Waals surface area contributed by atoms with Crippen LogP contribution in [0.3, 0.4) is 0 Å². The van der Waals surface area contributed by atoms with E-state index < -0.39 is 42.4 Å². The first kappa shape index (κ1) is 23.6. The molecule has 1 N–H and O–H groups in total. The molecule has 1 saturated heterocycles. The van der Waals surface area contributed by atoms with Crippen LogP contribution in [-0.2, 0) is 33.3 Å². The van der Waals surface area contributed by atoms with Crippen molar-refractivity contribution in [3.05, 3.63) is 10.2 Å². The number of halogens is 1. The Bertz CT molecular complexity index is 1070. The summed E-state index contributed by atoms with van der Waals surface area (Å²) in [6.07, 6.45) is 0.0881. The minimum absolute atomic E-state index is 0.186. The summed E-state index contributed by atoms with van der Waals surface area (Å²) < 4.78 is 24.2. The number of hydrogen-bond donors (Lipinski definition) is 1. The molecule has 0 radical (unpaired) electrons. The minimum Gasteiger partial charge on any atom is -0.463 e. The minimum atomic E-state index is -1.01. The molecule has 2 fully saturated rings. The Morgan fingerprint density at radius 1 is 1.12 bits per heavy atom. The topological polar surface area (TPSA) is 144 Å². The van der Waals surface area contributed by atoms with Crippen molar-refractivity contribution in [1.82, 2.24) is 19.5 Å². The number of carbonyl (C=O) groups is 3. The fourth-order valence-corrected chi connectivity index (χ4v) is 4.15. The third kappa shape index (κ3) is 5.51. The molecular weight excluding hydrogens is 549 g/mol. The van der Waals surface area contributed by atoms with Crippen LogP contribution < -0.4 is 5.32 Å². The summed E-state index contributed by atoms with van der Waals surface area (Å²) >= 11 is 2.02. The Morgan fingerprint density at radius 3 is 2.45 bits per heavy atom. The van der Waals surface area contributed by atoms with Gasteiger partial charge in [0.2, 0.25) is 0 Å². The van der Waals surface area contributed by atoms with Gasteiger partial charge in [-0.1, -0.05) is 0 Å². The second kappa shape index (κ2) is 9.75. The van der Waals surface area contributed by atoms with E-state index in [1.165, 1.54) is 39.9 Å². The molecule has 2 aromatic heterocycles. The van der Waals surface area contributed by atoms with E-state index in [2.05, 4.69) is 20.3 Å². The van der Waals surface area contributed by atoms with Gasteiger partial charge in [-0.15, -0.1) is 0 Å². The average molecular weight is 573 g/mol. The Morgan fingerprint density at radius 2 is 1.82 bits per heavy atom. The lowest BCUT2D eigenvalue weighted by molar-refractivity contribution is -0.166. The molecule has 1 aliphatic carbocycles. The van der Waals surface area contributed by atoms with Gasteiger partial charge in [-0.3, -0.25) is 19.0 Å². The van der Waals surface area contributed by atoms with E-state index in [9.17, 15) is 14.4 Å². The van der Waals surface area contributed by atoms with Gasteiger partial charge in [0.25, 0.3) is 0 Å². The number of fused-ring (bicyclic) bond motifs is 1. The Hall–Kier alpha value is -2.55. The molecule has 0 amide bonds. The summed E-state index contributed by atoms with van der Waals surface area (Å²) in [5, 5.41) is 3.33. The van der Waals surface area contributed by atoms with Gasteiger partial charge in [-0.25, -0.2) is 15.0 Å². The highest BCUT2D eigenvalue weighted by Gasteiger charge is 2.51. The number of esters is 3. The molecule has 1 saturated carbocycles. The van der Waals surface area contributed by atoms with Gasteiger partial charge in [-0.2, -0.15) is 0 Å². The Labute approximate surface area is 202 Å². The summed E-state index contributed by atoms with van der Waals surface area (Å²) in [4.78, 5) is 48.4. The van der Waals surface area contributed by atoms with Crippen molar-refractivity contribution in [1.29, 1.82) is 0 Å². The summed E-state index contributed by atoms with van der Waals surface area (Å²) in [6, 6.07) is 0. The van der Waals surface area contributed by atoms with Gasteiger partial charge >= 0.3 is 17.9 Å². The zero-order chi connectivity index (χ0) is 23.7. The van der Waals surface area contributed by atoms with Gasteiger partial charge in [0, 0.05) is 49.9 Å². The molecule has 12 nitrogen and oxygen atoms in total. The molecule has 0 unspecified atom stereocenters. The average Bonchev–Trinajstić information content (AvgIpc) is 3.39. The van der Waals surface area contributed by atoms with E-state index in [0.29, 0.717) is 26.7 Å². The summed E-state index contributed by atoms with van der Waals surface area (Å²) in [7, 11) is 0. The smallest absolute Gasteiger partial charge is 0.303 e. The molecule has 2 aliphatic rings. The van der Waals surface area contributed by atoms with Crippen molar-refractivity contribution >= 4 is 57.5 Å². The number of rotatable bonds is 8. The highest BCUT2D eigenvalue weighted by molar-refractivity contribution is 14.1. The van der Waals surface area contributed by atoms with E-state index in [0.717, 1.165) is 6.54 Å². The highest BCUT2D eigenvalue weighted by Crippen LogP contribution is 2.37. The van der Waals surface area contributed by atoms with E-state index in [-0.39, 0.29) is 6.61 Å². The first-order chi connectivity index (χ1) is 15.7. The summed E-state index contributed by atoms with van der Waals surface area (Å²) in [5.74, 6) is -0.459. The number of anilines is 1. The first-order valence-corrected chi connectivity index (χ1v) is 11.6. The standard InChI is InChI=1S/C20H24IN5O7/c1-9(27)30-7-13-15(31-10(2)28)16(32-11(3)29)19(33-13)26-8-23-14-17(22-6-12-4-5-12)24-20(21)25-18(14)26/h8,12-13,15-16,19H,4-7H2,1-3H3,(H,22,24,25)/t13-,15-,16-,19-/m1/s1. The van der Waals surface area contributed by atoms with Crippen LogP contribution in [0.2, 0.25) is 0 Å². The van der Waals surface area contributed by atoms with Crippen molar-refractivity contribution in [3.63, 3.8) is 0 Å². The SMILES string of the molecule is CC(=O)OC[C@H]1O[C@@H](n2cnc3c(NCC4CC4)nc(I)nc32)[C@H](OC(C)=O)[C@@H]1OC(C)=O. The van der Waals surface area contributed by atoms with Crippen LogP contribution in [0, 0.1) is 9.75 Å². The van der Waals surface area contributed by atoms with E-state index in [4.69, 9.17) is 18.9 Å². The molecule has 33 heavy (non-hydrogen) atoms. The second-order valence-electron chi connectivity index (χ2n) is 8.01. The van der Waals surface area contributed by atoms with Crippen molar-refractivity contribution in [2.45, 2.75) is 58.2 Å². The molecule has 4 rings (SSSR count).